The molecule has 0 saturated carbocycles. The molecule has 0 unspecified atom stereocenters. The molecule has 0 bridgehead atoms. The second kappa shape index (κ2) is 3.40. The van der Waals surface area contributed by atoms with Crippen molar-refractivity contribution in [3.8, 4) is 0 Å². The third-order valence-electron chi connectivity index (χ3n) is 2.15. The van der Waals surface area contributed by atoms with E-state index in [-0.39, 0.29) is 5.41 Å². The van der Waals surface area contributed by atoms with Gasteiger partial charge in [-0.25, -0.2) is 0 Å². The molecule has 0 aliphatic heterocycles. The summed E-state index contributed by atoms with van der Waals surface area (Å²) in [6, 6.07) is 0. The standard InChI is InChI=1S/C10H19N3/c1-5-6-7-8(10(2,3)4)12-13-9(7)11/h5-6H2,1-4H3,(H3,11,12,13). The summed E-state index contributed by atoms with van der Waals surface area (Å²) in [7, 11) is 0. The molecule has 0 aliphatic carbocycles. The quantitative estimate of drug-likeness (QED) is 0.735. The Morgan fingerprint density at radius 2 is 2.00 bits per heavy atom. The lowest BCUT2D eigenvalue weighted by atomic mass is 9.88. The van der Waals surface area contributed by atoms with E-state index in [4.69, 9.17) is 5.73 Å². The Morgan fingerprint density at radius 3 is 2.46 bits per heavy atom. The zero-order valence-corrected chi connectivity index (χ0v) is 8.94. The number of nitrogen functional groups attached to an aromatic ring is 1. The van der Waals surface area contributed by atoms with Gasteiger partial charge in [-0.05, 0) is 6.42 Å². The summed E-state index contributed by atoms with van der Waals surface area (Å²) in [5, 5.41) is 7.08. The van der Waals surface area contributed by atoms with Gasteiger partial charge in [0.1, 0.15) is 5.82 Å². The molecule has 74 valence electrons. The second-order valence-electron chi connectivity index (χ2n) is 4.46. The fourth-order valence-electron chi connectivity index (χ4n) is 1.50. The van der Waals surface area contributed by atoms with Gasteiger partial charge in [-0.15, -0.1) is 0 Å². The maximum absolute atomic E-state index is 5.78. The summed E-state index contributed by atoms with van der Waals surface area (Å²) >= 11 is 0. The number of H-pyrrole nitrogens is 1. The van der Waals surface area contributed by atoms with E-state index in [9.17, 15) is 0 Å². The highest BCUT2D eigenvalue weighted by atomic mass is 15.2. The van der Waals surface area contributed by atoms with Crippen LogP contribution in [0.5, 0.6) is 0 Å². The Kier molecular flexibility index (Phi) is 2.64. The van der Waals surface area contributed by atoms with Gasteiger partial charge in [-0.2, -0.15) is 5.10 Å². The van der Waals surface area contributed by atoms with Crippen molar-refractivity contribution in [2.45, 2.75) is 46.0 Å². The minimum atomic E-state index is 0.106. The van der Waals surface area contributed by atoms with Crippen LogP contribution in [0.3, 0.4) is 0 Å². The van der Waals surface area contributed by atoms with Crippen LogP contribution in [0.4, 0.5) is 5.82 Å². The number of hydrogen-bond acceptors (Lipinski definition) is 2. The number of nitrogens with two attached hydrogens (primary N) is 1. The van der Waals surface area contributed by atoms with Gasteiger partial charge in [-0.3, -0.25) is 5.10 Å². The van der Waals surface area contributed by atoms with Gasteiger partial charge in [0, 0.05) is 16.7 Å². The molecule has 3 nitrogen and oxygen atoms in total. The molecule has 3 N–H and O–H groups in total. The van der Waals surface area contributed by atoms with Crippen LogP contribution in [0.1, 0.15) is 45.4 Å². The zero-order chi connectivity index (χ0) is 10.1. The van der Waals surface area contributed by atoms with Crippen molar-refractivity contribution in [3.05, 3.63) is 11.3 Å². The molecule has 0 amide bonds. The third kappa shape index (κ3) is 2.02. The lowest BCUT2D eigenvalue weighted by Gasteiger charge is -2.18. The van der Waals surface area contributed by atoms with Gasteiger partial charge < -0.3 is 5.73 Å². The first-order valence-electron chi connectivity index (χ1n) is 4.80. The van der Waals surface area contributed by atoms with Crippen LogP contribution in [-0.4, -0.2) is 10.2 Å². The fourth-order valence-corrected chi connectivity index (χ4v) is 1.50. The highest BCUT2D eigenvalue weighted by molar-refractivity contribution is 5.44. The van der Waals surface area contributed by atoms with E-state index >= 15 is 0 Å². The number of nitrogens with zero attached hydrogens (tertiary/aromatic N) is 1. The number of aromatic nitrogens is 2. The van der Waals surface area contributed by atoms with Crippen LogP contribution >= 0.6 is 0 Å². The van der Waals surface area contributed by atoms with Gasteiger partial charge in [-0.1, -0.05) is 34.1 Å². The van der Waals surface area contributed by atoms with Crippen LogP contribution in [-0.2, 0) is 11.8 Å². The molecule has 0 aliphatic rings. The van der Waals surface area contributed by atoms with Gasteiger partial charge >= 0.3 is 0 Å². The normalized spacial score (nSPS) is 12.0. The Bertz CT molecular complexity index is 281. The van der Waals surface area contributed by atoms with Crippen LogP contribution in [0.15, 0.2) is 0 Å². The van der Waals surface area contributed by atoms with Crippen molar-refractivity contribution in [1.82, 2.24) is 10.2 Å². The van der Waals surface area contributed by atoms with Crippen molar-refractivity contribution >= 4 is 5.82 Å². The number of nitrogens with one attached hydrogen (secondary N) is 1. The topological polar surface area (TPSA) is 54.7 Å². The molecule has 1 heterocycles. The van der Waals surface area contributed by atoms with E-state index in [2.05, 4.69) is 37.9 Å². The zero-order valence-electron chi connectivity index (χ0n) is 8.94. The molecular weight excluding hydrogens is 162 g/mol. The summed E-state index contributed by atoms with van der Waals surface area (Å²) in [4.78, 5) is 0. The van der Waals surface area contributed by atoms with E-state index < -0.39 is 0 Å². The van der Waals surface area contributed by atoms with Gasteiger partial charge in [0.25, 0.3) is 0 Å². The highest BCUT2D eigenvalue weighted by Gasteiger charge is 2.21. The predicted octanol–water partition coefficient (Wildman–Crippen LogP) is 2.24. The van der Waals surface area contributed by atoms with Crippen LogP contribution in [0.25, 0.3) is 0 Å². The predicted molar refractivity (Wildman–Crippen MR) is 55.7 cm³/mol. The van der Waals surface area contributed by atoms with E-state index in [1.807, 2.05) is 0 Å². The van der Waals surface area contributed by atoms with E-state index in [0.29, 0.717) is 5.82 Å². The monoisotopic (exact) mass is 181 g/mol. The maximum Gasteiger partial charge on any atom is 0.148 e. The van der Waals surface area contributed by atoms with Crippen LogP contribution in [0, 0.1) is 0 Å². The van der Waals surface area contributed by atoms with Crippen molar-refractivity contribution < 1.29 is 0 Å². The molecule has 0 saturated heterocycles. The molecule has 1 aromatic rings. The lowest BCUT2D eigenvalue weighted by Crippen LogP contribution is -2.14. The molecule has 0 atom stereocenters. The minimum Gasteiger partial charge on any atom is -0.382 e. The first kappa shape index (κ1) is 10.1. The minimum absolute atomic E-state index is 0.106. The molecule has 13 heavy (non-hydrogen) atoms. The molecule has 0 aromatic carbocycles. The van der Waals surface area contributed by atoms with Crippen LogP contribution in [0.2, 0.25) is 0 Å². The Balaban J connectivity index is 3.07. The first-order valence-corrected chi connectivity index (χ1v) is 4.80. The highest BCUT2D eigenvalue weighted by Crippen LogP contribution is 2.27. The summed E-state index contributed by atoms with van der Waals surface area (Å²) in [5.41, 5.74) is 8.25. The van der Waals surface area contributed by atoms with Crippen molar-refractivity contribution in [1.29, 1.82) is 0 Å². The largest absolute Gasteiger partial charge is 0.382 e. The third-order valence-corrected chi connectivity index (χ3v) is 2.15. The van der Waals surface area contributed by atoms with E-state index in [1.54, 1.807) is 0 Å². The van der Waals surface area contributed by atoms with Gasteiger partial charge in [0.2, 0.25) is 0 Å². The Labute approximate surface area is 79.7 Å². The molecule has 1 aromatic heterocycles. The summed E-state index contributed by atoms with van der Waals surface area (Å²) < 4.78 is 0. The van der Waals surface area contributed by atoms with Gasteiger partial charge in [0.05, 0.1) is 0 Å². The molecule has 0 radical (unpaired) electrons. The number of aromatic amines is 1. The molecule has 3 heteroatoms. The second-order valence-corrected chi connectivity index (χ2v) is 4.46. The SMILES string of the molecule is CCCc1c(N)n[nH]c1C(C)(C)C. The average molecular weight is 181 g/mol. The number of anilines is 1. The number of rotatable bonds is 2. The maximum atomic E-state index is 5.78. The van der Waals surface area contributed by atoms with Crippen molar-refractivity contribution in [3.63, 3.8) is 0 Å². The molecule has 1 rings (SSSR count). The summed E-state index contributed by atoms with van der Waals surface area (Å²) in [6.07, 6.45) is 2.11. The fraction of sp³-hybridized carbons (Fsp3) is 0.700. The number of hydrogen-bond donors (Lipinski definition) is 2. The average Bonchev–Trinajstić information content (AvgIpc) is 2.32. The van der Waals surface area contributed by atoms with Crippen LogP contribution < -0.4 is 5.73 Å². The van der Waals surface area contributed by atoms with Crippen molar-refractivity contribution in [2.24, 2.45) is 0 Å². The summed E-state index contributed by atoms with van der Waals surface area (Å²) in [5.74, 6) is 0.659. The molecule has 0 spiro atoms. The molecular formula is C10H19N3. The van der Waals surface area contributed by atoms with Crippen molar-refractivity contribution in [2.75, 3.05) is 5.73 Å². The smallest absolute Gasteiger partial charge is 0.148 e. The van der Waals surface area contributed by atoms with E-state index in [1.165, 1.54) is 11.3 Å². The Hall–Kier alpha value is -0.990. The molecule has 0 fully saturated rings. The Morgan fingerprint density at radius 1 is 1.38 bits per heavy atom. The van der Waals surface area contributed by atoms with Gasteiger partial charge in [0.15, 0.2) is 0 Å². The van der Waals surface area contributed by atoms with E-state index in [0.717, 1.165) is 12.8 Å². The first-order chi connectivity index (χ1) is 5.96. The lowest BCUT2D eigenvalue weighted by molar-refractivity contribution is 0.559. The summed E-state index contributed by atoms with van der Waals surface area (Å²) in [6.45, 7) is 8.65.